The molecule has 1 heterocycles. The van der Waals surface area contributed by atoms with Crippen molar-refractivity contribution < 1.29 is 4.42 Å². The van der Waals surface area contributed by atoms with Crippen molar-refractivity contribution in [3.8, 4) is 0 Å². The summed E-state index contributed by atoms with van der Waals surface area (Å²) in [7, 11) is 0. The smallest absolute Gasteiger partial charge is 0.0974 e. The van der Waals surface area contributed by atoms with Crippen molar-refractivity contribution in [3.05, 3.63) is 30.2 Å². The number of hydrogen-bond donors (Lipinski definition) is 0. The topological polar surface area (TPSA) is 13.1 Å². The molecule has 1 aromatic heterocycles. The molecule has 0 aliphatic carbocycles. The maximum Gasteiger partial charge on any atom is 0.0974 e. The van der Waals surface area contributed by atoms with Crippen molar-refractivity contribution in [2.45, 2.75) is 0 Å². The van der Waals surface area contributed by atoms with Crippen molar-refractivity contribution in [3.63, 3.8) is 0 Å². The van der Waals surface area contributed by atoms with Crippen molar-refractivity contribution in [1.82, 2.24) is 0 Å². The zero-order valence-electron chi connectivity index (χ0n) is 4.88. The van der Waals surface area contributed by atoms with Crippen LogP contribution in [0.2, 0.25) is 0 Å². The number of halogens is 1. The van der Waals surface area contributed by atoms with E-state index in [1.165, 1.54) is 0 Å². The van der Waals surface area contributed by atoms with E-state index in [-0.39, 0.29) is 0 Å². The van der Waals surface area contributed by atoms with Gasteiger partial charge >= 0.3 is 0 Å². The first-order valence-electron chi connectivity index (χ1n) is 2.68. The van der Waals surface area contributed by atoms with Gasteiger partial charge in [0.1, 0.15) is 0 Å². The van der Waals surface area contributed by atoms with Gasteiger partial charge in [0, 0.05) is 11.4 Å². The van der Waals surface area contributed by atoms with E-state index in [1.54, 1.807) is 12.5 Å². The summed E-state index contributed by atoms with van der Waals surface area (Å²) in [5, 5.41) is 0. The van der Waals surface area contributed by atoms with Gasteiger partial charge in [0.05, 0.1) is 12.5 Å². The number of furan rings is 1. The summed E-state index contributed by atoms with van der Waals surface area (Å²) in [5.41, 5.74) is 1.05. The number of hydrogen-bond acceptors (Lipinski definition) is 1. The summed E-state index contributed by atoms with van der Waals surface area (Å²) in [4.78, 5) is 0. The Morgan fingerprint density at radius 2 is 2.56 bits per heavy atom. The quantitative estimate of drug-likeness (QED) is 0.579. The average molecular weight is 143 g/mol. The Hall–Kier alpha value is -0.690. The van der Waals surface area contributed by atoms with Crippen LogP contribution in [0.3, 0.4) is 0 Å². The molecule has 0 saturated heterocycles. The van der Waals surface area contributed by atoms with Crippen LogP contribution < -0.4 is 0 Å². The minimum absolute atomic E-state index is 0.547. The molecule has 0 aromatic carbocycles. The zero-order valence-corrected chi connectivity index (χ0v) is 5.64. The highest BCUT2D eigenvalue weighted by Gasteiger charge is 1.82. The van der Waals surface area contributed by atoms with Crippen LogP contribution in [0.5, 0.6) is 0 Å². The Bertz CT molecular complexity index is 177. The fourth-order valence-electron chi connectivity index (χ4n) is 0.550. The van der Waals surface area contributed by atoms with Gasteiger partial charge in [-0.1, -0.05) is 12.2 Å². The first-order valence-corrected chi connectivity index (χ1v) is 3.21. The lowest BCUT2D eigenvalue weighted by Gasteiger charge is -1.76. The van der Waals surface area contributed by atoms with Crippen molar-refractivity contribution >= 4 is 17.7 Å². The van der Waals surface area contributed by atoms with Crippen LogP contribution in [0.25, 0.3) is 6.08 Å². The summed E-state index contributed by atoms with van der Waals surface area (Å²) < 4.78 is 4.82. The second-order valence-corrected chi connectivity index (χ2v) is 1.92. The zero-order chi connectivity index (χ0) is 6.53. The third-order valence-corrected chi connectivity index (χ3v) is 1.12. The molecule has 0 bridgehead atoms. The molecule has 0 saturated carbocycles. The Morgan fingerprint density at radius 3 is 3.11 bits per heavy atom. The van der Waals surface area contributed by atoms with Crippen LogP contribution in [-0.4, -0.2) is 5.88 Å². The van der Waals surface area contributed by atoms with Crippen LogP contribution >= 0.6 is 11.6 Å². The van der Waals surface area contributed by atoms with Crippen molar-refractivity contribution in [2.75, 3.05) is 5.88 Å². The second-order valence-electron chi connectivity index (χ2n) is 1.61. The summed E-state index contributed by atoms with van der Waals surface area (Å²) in [6.07, 6.45) is 7.08. The fraction of sp³-hybridized carbons (Fsp3) is 0.143. The Morgan fingerprint density at radius 1 is 1.67 bits per heavy atom. The highest BCUT2D eigenvalue weighted by Crippen LogP contribution is 2.01. The normalized spacial score (nSPS) is 10.8. The molecule has 1 nitrogen and oxygen atoms in total. The van der Waals surface area contributed by atoms with Gasteiger partial charge in [-0.25, -0.2) is 0 Å². The monoisotopic (exact) mass is 142 g/mol. The summed E-state index contributed by atoms with van der Waals surface area (Å²) in [6.45, 7) is 0. The lowest BCUT2D eigenvalue weighted by atomic mass is 10.3. The molecule has 48 valence electrons. The molecule has 0 N–H and O–H groups in total. The SMILES string of the molecule is ClCC=Cc1ccoc1. The lowest BCUT2D eigenvalue weighted by Crippen LogP contribution is -1.60. The van der Waals surface area contributed by atoms with Gasteiger partial charge < -0.3 is 4.42 Å². The van der Waals surface area contributed by atoms with E-state index in [4.69, 9.17) is 16.0 Å². The standard InChI is InChI=1S/C7H7ClO/c8-4-1-2-7-3-5-9-6-7/h1-3,5-6H,4H2. The molecule has 0 aliphatic rings. The molecule has 0 spiro atoms. The molecule has 0 atom stereocenters. The predicted molar refractivity (Wildman–Crippen MR) is 38.5 cm³/mol. The third-order valence-electron chi connectivity index (χ3n) is 0.943. The summed E-state index contributed by atoms with van der Waals surface area (Å²) >= 11 is 5.40. The fourth-order valence-corrected chi connectivity index (χ4v) is 0.640. The van der Waals surface area contributed by atoms with Crippen LogP contribution in [0.15, 0.2) is 29.1 Å². The van der Waals surface area contributed by atoms with Gasteiger partial charge in [0.25, 0.3) is 0 Å². The maximum atomic E-state index is 5.40. The molecule has 9 heavy (non-hydrogen) atoms. The van der Waals surface area contributed by atoms with Gasteiger partial charge in [0.15, 0.2) is 0 Å². The van der Waals surface area contributed by atoms with Crippen molar-refractivity contribution in [1.29, 1.82) is 0 Å². The Balaban J connectivity index is 2.57. The molecule has 0 fully saturated rings. The van der Waals surface area contributed by atoms with Gasteiger partial charge in [-0.3, -0.25) is 0 Å². The molecule has 0 radical (unpaired) electrons. The van der Waals surface area contributed by atoms with Gasteiger partial charge in [0.2, 0.25) is 0 Å². The maximum absolute atomic E-state index is 5.40. The minimum Gasteiger partial charge on any atom is -0.472 e. The van der Waals surface area contributed by atoms with Crippen LogP contribution in [-0.2, 0) is 0 Å². The molecule has 0 aliphatic heterocycles. The van der Waals surface area contributed by atoms with Crippen molar-refractivity contribution in [2.24, 2.45) is 0 Å². The van der Waals surface area contributed by atoms with Crippen LogP contribution in [0.1, 0.15) is 5.56 Å². The molecular weight excluding hydrogens is 136 g/mol. The van der Waals surface area contributed by atoms with E-state index in [1.807, 2.05) is 18.2 Å². The highest BCUT2D eigenvalue weighted by atomic mass is 35.5. The highest BCUT2D eigenvalue weighted by molar-refractivity contribution is 6.19. The average Bonchev–Trinajstić information content (AvgIpc) is 2.34. The first kappa shape index (κ1) is 6.43. The minimum atomic E-state index is 0.547. The summed E-state index contributed by atoms with van der Waals surface area (Å²) in [6, 6.07) is 1.88. The largest absolute Gasteiger partial charge is 0.472 e. The van der Waals surface area contributed by atoms with E-state index in [9.17, 15) is 0 Å². The molecule has 1 rings (SSSR count). The summed E-state index contributed by atoms with van der Waals surface area (Å²) in [5.74, 6) is 0.547. The van der Waals surface area contributed by atoms with Crippen LogP contribution in [0, 0.1) is 0 Å². The number of alkyl halides is 1. The number of allylic oxidation sites excluding steroid dienone is 1. The molecule has 0 amide bonds. The third kappa shape index (κ3) is 1.94. The van der Waals surface area contributed by atoms with E-state index in [2.05, 4.69) is 0 Å². The second kappa shape index (κ2) is 3.36. The van der Waals surface area contributed by atoms with Gasteiger partial charge in [-0.05, 0) is 6.07 Å². The van der Waals surface area contributed by atoms with Crippen LogP contribution in [0.4, 0.5) is 0 Å². The molecule has 1 aromatic rings. The molecular formula is C7H7ClO. The van der Waals surface area contributed by atoms with E-state index < -0.39 is 0 Å². The van der Waals surface area contributed by atoms with E-state index in [0.29, 0.717) is 5.88 Å². The van der Waals surface area contributed by atoms with E-state index >= 15 is 0 Å². The molecule has 2 heteroatoms. The first-order chi connectivity index (χ1) is 4.43. The van der Waals surface area contributed by atoms with E-state index in [0.717, 1.165) is 5.56 Å². The Kier molecular flexibility index (Phi) is 2.40. The number of rotatable bonds is 2. The van der Waals surface area contributed by atoms with Gasteiger partial charge in [-0.15, -0.1) is 11.6 Å². The van der Waals surface area contributed by atoms with Gasteiger partial charge in [-0.2, -0.15) is 0 Å². The predicted octanol–water partition coefficient (Wildman–Crippen LogP) is 2.53. The Labute approximate surface area is 58.9 Å². The molecule has 0 unspecified atom stereocenters. The lowest BCUT2D eigenvalue weighted by molar-refractivity contribution is 0.567.